The van der Waals surface area contributed by atoms with E-state index in [2.05, 4.69) is 21.3 Å². The molecule has 0 saturated carbocycles. The van der Waals surface area contributed by atoms with Crippen LogP contribution in [-0.2, 0) is 34.3 Å². The van der Waals surface area contributed by atoms with Gasteiger partial charge in [-0.15, -0.1) is 32.3 Å². The molecular weight excluding hydrogens is 646 g/mol. The van der Waals surface area contributed by atoms with Crippen molar-refractivity contribution in [3.8, 4) is 0 Å². The van der Waals surface area contributed by atoms with E-state index in [0.717, 1.165) is 77.4 Å². The molecule has 3 unspecified atom stereocenters. The van der Waals surface area contributed by atoms with Gasteiger partial charge in [-0.1, -0.05) is 75.6 Å². The quantitative estimate of drug-likeness (QED) is 0.287. The molecule has 0 aromatic carbocycles. The van der Waals surface area contributed by atoms with Crippen molar-refractivity contribution in [2.45, 2.75) is 75.9 Å². The van der Waals surface area contributed by atoms with E-state index < -0.39 is 42.0 Å². The van der Waals surface area contributed by atoms with Crippen LogP contribution in [0.15, 0.2) is 23.9 Å². The molecule has 0 aliphatic carbocycles. The van der Waals surface area contributed by atoms with Crippen LogP contribution < -0.4 is 0 Å². The maximum atomic E-state index is 10.3. The number of carbonyl (C=O) groups is 4. The summed E-state index contributed by atoms with van der Waals surface area (Å²) in [5.41, 5.74) is 0.137. The van der Waals surface area contributed by atoms with Crippen molar-refractivity contribution in [2.75, 3.05) is 26.2 Å². The molecule has 39 heavy (non-hydrogen) atoms. The van der Waals surface area contributed by atoms with E-state index in [1.807, 2.05) is 0 Å². The fraction of sp³-hybridized carbons (Fsp3) is 0.667. The summed E-state index contributed by atoms with van der Waals surface area (Å²) >= 11 is -0.226. The SMILES string of the molecule is O=C(O)C1=CC=CC[N-]1.O=C(O)C1CCCC[N-]1.O=C(O)C1CCCC[N-]1.O=C(O)C1CCCC[N-]1.[Cl][Rh][Cl]. The Morgan fingerprint density at radius 3 is 1.21 bits per heavy atom. The van der Waals surface area contributed by atoms with Crippen LogP contribution in [0.2, 0.25) is 0 Å². The Bertz CT molecular complexity index is 720. The van der Waals surface area contributed by atoms with E-state index in [0.29, 0.717) is 6.54 Å². The van der Waals surface area contributed by atoms with Crippen molar-refractivity contribution in [1.82, 2.24) is 0 Å². The zero-order valence-corrected chi connectivity index (χ0v) is 24.6. The van der Waals surface area contributed by atoms with Crippen LogP contribution in [0.25, 0.3) is 21.3 Å². The number of nitrogens with zero attached hydrogens (tertiary/aromatic N) is 4. The van der Waals surface area contributed by atoms with Crippen molar-refractivity contribution in [2.24, 2.45) is 0 Å². The molecule has 0 amide bonds. The number of halogens is 2. The number of allylic oxidation sites excluding steroid dienone is 2. The Kier molecular flexibility index (Phi) is 23.0. The topological polar surface area (TPSA) is 206 Å². The zero-order chi connectivity index (χ0) is 29.5. The summed E-state index contributed by atoms with van der Waals surface area (Å²) in [7, 11) is 9.67. The third-order valence-corrected chi connectivity index (χ3v) is 5.54. The Morgan fingerprint density at radius 2 is 1.05 bits per heavy atom. The maximum absolute atomic E-state index is 10.3. The molecular formula is C24H36Cl2N4O8Rh-4. The van der Waals surface area contributed by atoms with Crippen LogP contribution >= 0.6 is 19.4 Å². The van der Waals surface area contributed by atoms with Crippen molar-refractivity contribution in [3.63, 3.8) is 0 Å². The summed E-state index contributed by atoms with van der Waals surface area (Å²) in [6.07, 6.45) is 13.4. The second-order valence-corrected chi connectivity index (χ2v) is 10.9. The number of rotatable bonds is 4. The Balaban J connectivity index is 0.000000477. The number of carboxylic acids is 4. The molecule has 12 nitrogen and oxygen atoms in total. The van der Waals surface area contributed by atoms with Crippen molar-refractivity contribution >= 4 is 43.3 Å². The van der Waals surface area contributed by atoms with Crippen LogP contribution in [0.4, 0.5) is 0 Å². The van der Waals surface area contributed by atoms with Gasteiger partial charge in [-0.25, -0.2) is 4.79 Å². The normalized spacial score (nSPS) is 23.5. The molecule has 0 radical (unpaired) electrons. The molecule has 3 saturated heterocycles. The average molecular weight is 682 g/mol. The predicted octanol–water partition coefficient (Wildman–Crippen LogP) is 5.27. The molecule has 4 N–H and O–H groups in total. The monoisotopic (exact) mass is 681 g/mol. The molecule has 3 fully saturated rings. The molecule has 0 spiro atoms. The second kappa shape index (κ2) is 24.1. The van der Waals surface area contributed by atoms with Gasteiger partial charge in [-0.2, -0.15) is 0 Å². The summed E-state index contributed by atoms with van der Waals surface area (Å²) in [5, 5.41) is 49.2. The molecule has 0 aromatic heterocycles. The van der Waals surface area contributed by atoms with Crippen LogP contribution in [0, 0.1) is 0 Å². The number of hydrogen-bond acceptors (Lipinski definition) is 4. The van der Waals surface area contributed by atoms with E-state index in [9.17, 15) is 19.2 Å². The first-order valence-electron chi connectivity index (χ1n) is 12.4. The minimum atomic E-state index is -0.959. The Labute approximate surface area is 244 Å². The third-order valence-electron chi connectivity index (χ3n) is 5.54. The van der Waals surface area contributed by atoms with Crippen molar-refractivity contribution in [3.05, 3.63) is 45.2 Å². The first-order valence-corrected chi connectivity index (χ1v) is 16.7. The standard InChI is InChI=1S/3C6H10NO2.C6H6NO2.2ClH.Rh/c4*8-6(9)5-3-1-2-4-7-5;;;/h3*5H,1-4H2,(H,8,9);1-3H,4H2,(H,8,9);2*1H;/q4*-1;;;+2/p-2. The van der Waals surface area contributed by atoms with Gasteiger partial charge in [-0.3, -0.25) is 14.4 Å². The first kappa shape index (κ1) is 37.2. The molecule has 4 aliphatic heterocycles. The number of piperidine rings is 3. The summed E-state index contributed by atoms with van der Waals surface area (Å²) in [6.45, 7) is 2.68. The molecule has 227 valence electrons. The van der Waals surface area contributed by atoms with Gasteiger partial charge in [0.2, 0.25) is 0 Å². The molecule has 4 heterocycles. The van der Waals surface area contributed by atoms with Gasteiger partial charge in [0, 0.05) is 0 Å². The van der Waals surface area contributed by atoms with Gasteiger partial charge in [0.15, 0.2) is 0 Å². The van der Waals surface area contributed by atoms with Crippen molar-refractivity contribution < 1.29 is 54.7 Å². The summed E-state index contributed by atoms with van der Waals surface area (Å²) in [5.74, 6) is -3.27. The molecule has 15 heteroatoms. The van der Waals surface area contributed by atoms with Gasteiger partial charge < -0.3 is 41.7 Å². The zero-order valence-electron chi connectivity index (χ0n) is 21.5. The van der Waals surface area contributed by atoms with Gasteiger partial charge in [-0.05, 0) is 18.1 Å². The van der Waals surface area contributed by atoms with E-state index >= 15 is 0 Å². The van der Waals surface area contributed by atoms with E-state index in [4.69, 9.17) is 39.8 Å². The fourth-order valence-corrected chi connectivity index (χ4v) is 3.53. The van der Waals surface area contributed by atoms with Crippen LogP contribution in [0.5, 0.6) is 0 Å². The van der Waals surface area contributed by atoms with Crippen LogP contribution in [0.1, 0.15) is 57.8 Å². The van der Waals surface area contributed by atoms with E-state index in [1.165, 1.54) is 6.08 Å². The van der Waals surface area contributed by atoms with Crippen molar-refractivity contribution in [1.29, 1.82) is 0 Å². The van der Waals surface area contributed by atoms with E-state index in [-0.39, 0.29) is 20.8 Å². The number of hydrogen-bond donors (Lipinski definition) is 4. The Hall–Kier alpha value is -1.76. The molecule has 4 rings (SSSR count). The molecule has 0 bridgehead atoms. The van der Waals surface area contributed by atoms with Crippen LogP contribution in [0.3, 0.4) is 0 Å². The van der Waals surface area contributed by atoms with Gasteiger partial charge in [0.25, 0.3) is 17.9 Å². The van der Waals surface area contributed by atoms with Gasteiger partial charge >= 0.3 is 40.5 Å². The fourth-order valence-electron chi connectivity index (χ4n) is 3.53. The summed E-state index contributed by atoms with van der Waals surface area (Å²) in [6, 6.07) is -1.21. The molecule has 0 aromatic rings. The summed E-state index contributed by atoms with van der Waals surface area (Å²) in [4.78, 5) is 40.9. The third kappa shape index (κ3) is 19.9. The summed E-state index contributed by atoms with van der Waals surface area (Å²) < 4.78 is 0. The molecule has 4 aliphatic rings. The van der Waals surface area contributed by atoms with E-state index in [1.54, 1.807) is 12.2 Å². The van der Waals surface area contributed by atoms with Gasteiger partial charge in [0.1, 0.15) is 0 Å². The molecule has 3 atom stereocenters. The van der Waals surface area contributed by atoms with Gasteiger partial charge in [0.05, 0.1) is 0 Å². The predicted molar refractivity (Wildman–Crippen MR) is 145 cm³/mol. The minimum absolute atomic E-state index is 0.137. The number of carboxylic acid groups (broad SMARTS) is 4. The number of aliphatic carboxylic acids is 4. The second-order valence-electron chi connectivity index (χ2n) is 8.44. The average Bonchev–Trinajstić information content (AvgIpc) is 2.96. The Morgan fingerprint density at radius 1 is 0.692 bits per heavy atom. The first-order chi connectivity index (χ1) is 18.6. The van der Waals surface area contributed by atoms with Crippen LogP contribution in [-0.4, -0.2) is 88.6 Å².